The van der Waals surface area contributed by atoms with Crippen LogP contribution in [0.3, 0.4) is 0 Å². The highest BCUT2D eigenvalue weighted by Crippen LogP contribution is 2.63. The van der Waals surface area contributed by atoms with E-state index in [1.807, 2.05) is 48.5 Å². The smallest absolute Gasteiger partial charge is 0.245 e. The van der Waals surface area contributed by atoms with Gasteiger partial charge in [-0.3, -0.25) is 14.4 Å². The standard InChI is InChI=1S/C31H25Cl2N3O5/c1-30(40-12-13-41-30)15-24(37)35-34-16-31-20-8-4-2-6-18(20)25(19-7-3-5-9-21(19)31)26-27(31)29(39)36(28(26)38)23-11-10-17(32)14-22(23)33/h2-11,14,16,25-27H,12-13,15H2,1H3,(H,35,37)/b34-16-/t25?,26-,27+,31?/m1/s1. The van der Waals surface area contributed by atoms with Crippen LogP contribution < -0.4 is 10.3 Å². The second-order valence-corrected chi connectivity index (χ2v) is 11.8. The van der Waals surface area contributed by atoms with Crippen LogP contribution in [0.15, 0.2) is 71.8 Å². The Morgan fingerprint density at radius 1 is 1.00 bits per heavy atom. The monoisotopic (exact) mass is 589 g/mol. The largest absolute Gasteiger partial charge is 0.347 e. The molecule has 10 heteroatoms. The third-order valence-corrected chi connectivity index (χ3v) is 9.21. The molecule has 3 aromatic rings. The average Bonchev–Trinajstić information content (AvgIpc) is 3.50. The Labute approximate surface area is 246 Å². The molecule has 0 unspecified atom stereocenters. The van der Waals surface area contributed by atoms with Crippen molar-refractivity contribution >= 4 is 52.8 Å². The van der Waals surface area contributed by atoms with Crippen molar-refractivity contribution < 1.29 is 23.9 Å². The molecule has 2 fully saturated rings. The van der Waals surface area contributed by atoms with Crippen molar-refractivity contribution in [1.82, 2.24) is 5.43 Å². The normalized spacial score (nSPS) is 27.2. The first-order valence-electron chi connectivity index (χ1n) is 13.4. The zero-order chi connectivity index (χ0) is 28.5. The maximum atomic E-state index is 14.4. The van der Waals surface area contributed by atoms with Crippen molar-refractivity contribution in [2.24, 2.45) is 16.9 Å². The molecule has 2 heterocycles. The van der Waals surface area contributed by atoms with E-state index >= 15 is 0 Å². The van der Waals surface area contributed by atoms with Gasteiger partial charge in [0.05, 0.1) is 47.6 Å². The van der Waals surface area contributed by atoms with E-state index in [9.17, 15) is 14.4 Å². The predicted molar refractivity (Wildman–Crippen MR) is 153 cm³/mol. The van der Waals surface area contributed by atoms with Crippen molar-refractivity contribution in [2.45, 2.75) is 30.5 Å². The lowest BCUT2D eigenvalue weighted by Gasteiger charge is -2.52. The number of carbonyl (C=O) groups is 3. The van der Waals surface area contributed by atoms with E-state index in [0.717, 1.165) is 22.3 Å². The highest BCUT2D eigenvalue weighted by atomic mass is 35.5. The number of benzene rings is 3. The van der Waals surface area contributed by atoms with E-state index in [0.29, 0.717) is 18.2 Å². The molecule has 5 aliphatic rings. The zero-order valence-corrected chi connectivity index (χ0v) is 23.5. The number of carbonyl (C=O) groups excluding carboxylic acids is 3. The van der Waals surface area contributed by atoms with Crippen LogP contribution in [0.25, 0.3) is 0 Å². The van der Waals surface area contributed by atoms with Gasteiger partial charge in [0.1, 0.15) is 0 Å². The van der Waals surface area contributed by atoms with Crippen LogP contribution in [0.5, 0.6) is 0 Å². The van der Waals surface area contributed by atoms with Gasteiger partial charge in [0, 0.05) is 17.2 Å². The molecule has 3 aliphatic carbocycles. The van der Waals surface area contributed by atoms with Crippen LogP contribution in [0, 0.1) is 11.8 Å². The van der Waals surface area contributed by atoms with Gasteiger partial charge in [0.15, 0.2) is 5.79 Å². The van der Waals surface area contributed by atoms with E-state index in [-0.39, 0.29) is 34.9 Å². The minimum Gasteiger partial charge on any atom is -0.347 e. The molecule has 2 atom stereocenters. The molecule has 208 valence electrons. The number of nitrogens with one attached hydrogen (secondary N) is 1. The van der Waals surface area contributed by atoms with Crippen LogP contribution in [0.4, 0.5) is 5.69 Å². The van der Waals surface area contributed by atoms with Gasteiger partial charge in [0.2, 0.25) is 17.7 Å². The van der Waals surface area contributed by atoms with Crippen molar-refractivity contribution in [1.29, 1.82) is 0 Å². The number of hydrazone groups is 1. The molecule has 0 radical (unpaired) electrons. The third kappa shape index (κ3) is 3.82. The lowest BCUT2D eigenvalue weighted by Crippen LogP contribution is -2.54. The van der Waals surface area contributed by atoms with Gasteiger partial charge in [-0.1, -0.05) is 71.7 Å². The Bertz CT molecular complexity index is 1600. The van der Waals surface area contributed by atoms with Crippen LogP contribution in [-0.4, -0.2) is 42.9 Å². The summed E-state index contributed by atoms with van der Waals surface area (Å²) < 4.78 is 11.1. The van der Waals surface area contributed by atoms with E-state index in [1.54, 1.807) is 25.3 Å². The summed E-state index contributed by atoms with van der Waals surface area (Å²) in [6, 6.07) is 20.3. The van der Waals surface area contributed by atoms with Gasteiger partial charge in [-0.2, -0.15) is 5.10 Å². The number of nitrogens with zero attached hydrogens (tertiary/aromatic N) is 2. The number of amides is 3. The SMILES string of the molecule is CC1(CC(=O)N/N=C\C23c4ccccc4C(c4ccccc42)[C@H]2C(=O)N(c4ccc(Cl)cc4Cl)C(=O)[C@H]23)OCCO1. The van der Waals surface area contributed by atoms with Crippen LogP contribution in [0.1, 0.15) is 41.5 Å². The van der Waals surface area contributed by atoms with Crippen molar-refractivity contribution in [3.63, 3.8) is 0 Å². The van der Waals surface area contributed by atoms with Crippen LogP contribution in [0.2, 0.25) is 10.0 Å². The van der Waals surface area contributed by atoms with Gasteiger partial charge in [-0.15, -0.1) is 0 Å². The summed E-state index contributed by atoms with van der Waals surface area (Å²) >= 11 is 12.6. The summed E-state index contributed by atoms with van der Waals surface area (Å²) in [5.41, 5.74) is 5.44. The summed E-state index contributed by atoms with van der Waals surface area (Å²) in [6.07, 6.45) is 1.57. The first-order valence-corrected chi connectivity index (χ1v) is 14.1. The van der Waals surface area contributed by atoms with Gasteiger partial charge in [-0.05, 0) is 47.4 Å². The minimum atomic E-state index is -1.12. The molecule has 0 spiro atoms. The van der Waals surface area contributed by atoms with Crippen LogP contribution >= 0.6 is 23.2 Å². The third-order valence-electron chi connectivity index (χ3n) is 8.67. The van der Waals surface area contributed by atoms with E-state index < -0.39 is 28.9 Å². The van der Waals surface area contributed by atoms with Crippen LogP contribution in [-0.2, 0) is 29.3 Å². The number of rotatable bonds is 5. The van der Waals surface area contributed by atoms with Gasteiger partial charge < -0.3 is 9.47 Å². The lowest BCUT2D eigenvalue weighted by atomic mass is 9.47. The molecule has 2 bridgehead atoms. The second-order valence-electron chi connectivity index (χ2n) is 10.9. The topological polar surface area (TPSA) is 97.3 Å². The quantitative estimate of drug-likeness (QED) is 0.262. The van der Waals surface area contributed by atoms with Gasteiger partial charge >= 0.3 is 0 Å². The Morgan fingerprint density at radius 3 is 2.27 bits per heavy atom. The fourth-order valence-electron chi connectivity index (χ4n) is 7.15. The van der Waals surface area contributed by atoms with Gasteiger partial charge in [0.25, 0.3) is 0 Å². The molecule has 0 aromatic heterocycles. The number of halogens is 2. The maximum Gasteiger partial charge on any atom is 0.245 e. The summed E-state index contributed by atoms with van der Waals surface area (Å²) in [5.74, 6) is -3.96. The summed E-state index contributed by atoms with van der Waals surface area (Å²) in [5, 5.41) is 5.03. The molecular weight excluding hydrogens is 565 g/mol. The first kappa shape index (κ1) is 26.3. The lowest BCUT2D eigenvalue weighted by molar-refractivity contribution is -0.159. The summed E-state index contributed by atoms with van der Waals surface area (Å²) in [6.45, 7) is 2.54. The molecule has 2 aliphatic heterocycles. The molecule has 8 nitrogen and oxygen atoms in total. The minimum absolute atomic E-state index is 0.0428. The van der Waals surface area contributed by atoms with Crippen molar-refractivity contribution in [3.8, 4) is 0 Å². The zero-order valence-electron chi connectivity index (χ0n) is 22.0. The maximum absolute atomic E-state index is 14.4. The van der Waals surface area contributed by atoms with Gasteiger partial charge in [-0.25, -0.2) is 10.3 Å². The van der Waals surface area contributed by atoms with Crippen molar-refractivity contribution in [2.75, 3.05) is 18.1 Å². The molecule has 1 N–H and O–H groups in total. The Kier molecular flexibility index (Phi) is 6.10. The van der Waals surface area contributed by atoms with E-state index in [1.165, 1.54) is 11.0 Å². The number of hydrogen-bond acceptors (Lipinski definition) is 6. The molecule has 41 heavy (non-hydrogen) atoms. The average molecular weight is 590 g/mol. The molecule has 3 amide bonds. The first-order chi connectivity index (χ1) is 19.7. The Balaban J connectivity index is 1.36. The summed E-state index contributed by atoms with van der Waals surface area (Å²) in [4.78, 5) is 42.7. The second kappa shape index (κ2) is 9.49. The Morgan fingerprint density at radius 2 is 1.63 bits per heavy atom. The van der Waals surface area contributed by atoms with Crippen molar-refractivity contribution in [3.05, 3.63) is 99.0 Å². The predicted octanol–water partition coefficient (Wildman–Crippen LogP) is 4.80. The number of hydrogen-bond donors (Lipinski definition) is 1. The molecular formula is C31H25Cl2N3O5. The Hall–Kier alpha value is -3.56. The molecule has 2 saturated heterocycles. The molecule has 0 saturated carbocycles. The highest BCUT2D eigenvalue weighted by molar-refractivity contribution is 6.38. The summed E-state index contributed by atoms with van der Waals surface area (Å²) in [7, 11) is 0. The number of imide groups is 1. The number of ether oxygens (including phenoxy) is 2. The van der Waals surface area contributed by atoms with E-state index in [2.05, 4.69) is 10.5 Å². The fraction of sp³-hybridized carbons (Fsp3) is 0.290. The number of anilines is 1. The molecule has 3 aromatic carbocycles. The van der Waals surface area contributed by atoms with E-state index in [4.69, 9.17) is 32.7 Å². The fourth-order valence-corrected chi connectivity index (χ4v) is 7.64. The highest BCUT2D eigenvalue weighted by Gasteiger charge is 2.68. The molecule has 8 rings (SSSR count).